The number of rotatable bonds is 5. The molecule has 0 aliphatic carbocycles. The molecule has 0 radical (unpaired) electrons. The number of thiazole rings is 1. The fourth-order valence-corrected chi connectivity index (χ4v) is 3.37. The standard InChI is InChI=1S/C20H18ClFN2O2S/c1-12-17(13-4-8-15(22)9-5-13)23-19(27-12)24-18(25)20(2,3)26-16-10-6-14(21)7-11-16/h4-11H,1-3H3,(H,23,24,25). The zero-order chi connectivity index (χ0) is 19.6. The van der Waals surface area contributed by atoms with Crippen molar-refractivity contribution in [1.29, 1.82) is 0 Å². The fourth-order valence-electron chi connectivity index (χ4n) is 2.42. The maximum atomic E-state index is 13.1. The number of anilines is 1. The summed E-state index contributed by atoms with van der Waals surface area (Å²) >= 11 is 7.22. The molecule has 0 bridgehead atoms. The third-order valence-electron chi connectivity index (χ3n) is 3.87. The van der Waals surface area contributed by atoms with E-state index in [2.05, 4.69) is 10.3 Å². The molecule has 1 amide bonds. The summed E-state index contributed by atoms with van der Waals surface area (Å²) < 4.78 is 18.9. The van der Waals surface area contributed by atoms with Crippen LogP contribution in [0.25, 0.3) is 11.3 Å². The van der Waals surface area contributed by atoms with Crippen LogP contribution in [0, 0.1) is 12.7 Å². The molecule has 1 aromatic heterocycles. The van der Waals surface area contributed by atoms with Gasteiger partial charge in [-0.25, -0.2) is 9.37 Å². The van der Waals surface area contributed by atoms with Crippen LogP contribution in [0.1, 0.15) is 18.7 Å². The highest BCUT2D eigenvalue weighted by Crippen LogP contribution is 2.31. The van der Waals surface area contributed by atoms with Gasteiger partial charge in [-0.15, -0.1) is 11.3 Å². The first-order valence-corrected chi connectivity index (χ1v) is 9.43. The van der Waals surface area contributed by atoms with Crippen molar-refractivity contribution in [1.82, 2.24) is 4.98 Å². The zero-order valence-corrected chi connectivity index (χ0v) is 16.6. The number of ether oxygens (including phenoxy) is 1. The van der Waals surface area contributed by atoms with Gasteiger partial charge in [0.05, 0.1) is 5.69 Å². The Morgan fingerprint density at radius 2 is 1.78 bits per heavy atom. The van der Waals surface area contributed by atoms with E-state index in [4.69, 9.17) is 16.3 Å². The number of halogens is 2. The van der Waals surface area contributed by atoms with Crippen molar-refractivity contribution in [2.75, 3.05) is 5.32 Å². The number of hydrogen-bond acceptors (Lipinski definition) is 4. The van der Waals surface area contributed by atoms with Crippen LogP contribution >= 0.6 is 22.9 Å². The third-order valence-corrected chi connectivity index (χ3v) is 5.01. The molecule has 2 aromatic carbocycles. The summed E-state index contributed by atoms with van der Waals surface area (Å²) in [6, 6.07) is 12.9. The second-order valence-electron chi connectivity index (χ2n) is 6.45. The predicted molar refractivity (Wildman–Crippen MR) is 107 cm³/mol. The van der Waals surface area contributed by atoms with Gasteiger partial charge < -0.3 is 4.74 Å². The summed E-state index contributed by atoms with van der Waals surface area (Å²) in [7, 11) is 0. The highest BCUT2D eigenvalue weighted by Gasteiger charge is 2.31. The van der Waals surface area contributed by atoms with Gasteiger partial charge in [-0.3, -0.25) is 10.1 Å². The van der Waals surface area contributed by atoms with E-state index in [1.165, 1.54) is 23.5 Å². The van der Waals surface area contributed by atoms with Crippen molar-refractivity contribution in [2.45, 2.75) is 26.4 Å². The van der Waals surface area contributed by atoms with Gasteiger partial charge in [0.2, 0.25) is 0 Å². The first kappa shape index (κ1) is 19.3. The molecule has 3 rings (SSSR count). The van der Waals surface area contributed by atoms with E-state index < -0.39 is 5.60 Å². The number of aromatic nitrogens is 1. The molecule has 7 heteroatoms. The molecule has 0 unspecified atom stereocenters. The average molecular weight is 405 g/mol. The number of nitrogens with zero attached hydrogens (tertiary/aromatic N) is 1. The van der Waals surface area contributed by atoms with Crippen LogP contribution in [0.5, 0.6) is 5.75 Å². The number of hydrogen-bond donors (Lipinski definition) is 1. The van der Waals surface area contributed by atoms with E-state index in [1.807, 2.05) is 6.92 Å². The van der Waals surface area contributed by atoms with Crippen LogP contribution < -0.4 is 10.1 Å². The molecule has 0 aliphatic heterocycles. The number of benzene rings is 2. The number of carbonyl (C=O) groups is 1. The molecule has 0 saturated heterocycles. The molecular weight excluding hydrogens is 387 g/mol. The summed E-state index contributed by atoms with van der Waals surface area (Å²) in [5.41, 5.74) is 0.401. The van der Waals surface area contributed by atoms with Gasteiger partial charge >= 0.3 is 0 Å². The average Bonchev–Trinajstić information content (AvgIpc) is 2.97. The Bertz CT molecular complexity index is 953. The van der Waals surface area contributed by atoms with Crippen molar-refractivity contribution in [3.63, 3.8) is 0 Å². The monoisotopic (exact) mass is 404 g/mol. The zero-order valence-electron chi connectivity index (χ0n) is 15.0. The van der Waals surface area contributed by atoms with Gasteiger partial charge in [-0.05, 0) is 69.3 Å². The Morgan fingerprint density at radius 3 is 2.41 bits per heavy atom. The van der Waals surface area contributed by atoms with Gasteiger partial charge in [0.15, 0.2) is 10.7 Å². The van der Waals surface area contributed by atoms with Crippen LogP contribution in [-0.4, -0.2) is 16.5 Å². The topological polar surface area (TPSA) is 51.2 Å². The van der Waals surface area contributed by atoms with Gasteiger partial charge in [0.1, 0.15) is 11.6 Å². The second-order valence-corrected chi connectivity index (χ2v) is 8.09. The largest absolute Gasteiger partial charge is 0.478 e. The molecule has 0 spiro atoms. The third kappa shape index (κ3) is 4.64. The van der Waals surface area contributed by atoms with Crippen molar-refractivity contribution in [3.8, 4) is 17.0 Å². The molecule has 140 valence electrons. The van der Waals surface area contributed by atoms with Gasteiger partial charge in [0, 0.05) is 15.5 Å². The van der Waals surface area contributed by atoms with E-state index >= 15 is 0 Å². The molecule has 4 nitrogen and oxygen atoms in total. The van der Waals surface area contributed by atoms with Crippen LogP contribution in [0.15, 0.2) is 48.5 Å². The van der Waals surface area contributed by atoms with Gasteiger partial charge in [-0.1, -0.05) is 11.6 Å². The van der Waals surface area contributed by atoms with Crippen molar-refractivity contribution in [3.05, 3.63) is 64.2 Å². The van der Waals surface area contributed by atoms with E-state index in [-0.39, 0.29) is 11.7 Å². The maximum absolute atomic E-state index is 13.1. The minimum atomic E-state index is -1.11. The van der Waals surface area contributed by atoms with Crippen LogP contribution in [0.2, 0.25) is 5.02 Å². The summed E-state index contributed by atoms with van der Waals surface area (Å²) in [5, 5.41) is 3.86. The molecule has 27 heavy (non-hydrogen) atoms. The van der Waals surface area contributed by atoms with E-state index in [1.54, 1.807) is 50.2 Å². The minimum absolute atomic E-state index is 0.304. The van der Waals surface area contributed by atoms with E-state index in [0.717, 1.165) is 10.4 Å². The molecule has 1 N–H and O–H groups in total. The Labute approximate surface area is 166 Å². The molecule has 0 atom stereocenters. The molecule has 0 aliphatic rings. The van der Waals surface area contributed by atoms with Crippen LogP contribution in [0.4, 0.5) is 9.52 Å². The Hall–Kier alpha value is -2.44. The number of nitrogens with one attached hydrogen (secondary N) is 1. The van der Waals surface area contributed by atoms with Crippen molar-refractivity contribution < 1.29 is 13.9 Å². The van der Waals surface area contributed by atoms with Crippen molar-refractivity contribution in [2.24, 2.45) is 0 Å². The first-order valence-electron chi connectivity index (χ1n) is 8.24. The summed E-state index contributed by atoms with van der Waals surface area (Å²) in [6.07, 6.45) is 0. The Morgan fingerprint density at radius 1 is 1.15 bits per heavy atom. The smallest absolute Gasteiger partial charge is 0.269 e. The summed E-state index contributed by atoms with van der Waals surface area (Å²) in [5.74, 6) is -0.0833. The molecule has 0 fully saturated rings. The van der Waals surface area contributed by atoms with Crippen LogP contribution in [-0.2, 0) is 4.79 Å². The first-order chi connectivity index (χ1) is 12.7. The lowest BCUT2D eigenvalue weighted by atomic mass is 10.1. The quantitative estimate of drug-likeness (QED) is 0.592. The molecule has 3 aromatic rings. The lowest BCUT2D eigenvalue weighted by molar-refractivity contribution is -0.128. The Balaban J connectivity index is 1.74. The summed E-state index contributed by atoms with van der Waals surface area (Å²) in [4.78, 5) is 18.1. The van der Waals surface area contributed by atoms with E-state index in [9.17, 15) is 9.18 Å². The highest BCUT2D eigenvalue weighted by atomic mass is 35.5. The SMILES string of the molecule is Cc1sc(NC(=O)C(C)(C)Oc2ccc(Cl)cc2)nc1-c1ccc(F)cc1. The predicted octanol–water partition coefficient (Wildman–Crippen LogP) is 5.71. The lowest BCUT2D eigenvalue weighted by Crippen LogP contribution is -2.42. The normalized spacial score (nSPS) is 11.3. The number of amides is 1. The Kier molecular flexibility index (Phi) is 5.48. The van der Waals surface area contributed by atoms with Gasteiger partial charge in [-0.2, -0.15) is 0 Å². The highest BCUT2D eigenvalue weighted by molar-refractivity contribution is 7.16. The number of aryl methyl sites for hydroxylation is 1. The molecular formula is C20H18ClFN2O2S. The maximum Gasteiger partial charge on any atom is 0.269 e. The molecule has 0 saturated carbocycles. The van der Waals surface area contributed by atoms with Gasteiger partial charge in [0.25, 0.3) is 5.91 Å². The second kappa shape index (κ2) is 7.66. The molecule has 1 heterocycles. The number of carbonyl (C=O) groups excluding carboxylic acids is 1. The lowest BCUT2D eigenvalue weighted by Gasteiger charge is -2.24. The summed E-state index contributed by atoms with van der Waals surface area (Å²) in [6.45, 7) is 5.26. The minimum Gasteiger partial charge on any atom is -0.478 e. The fraction of sp³-hybridized carbons (Fsp3) is 0.200. The van der Waals surface area contributed by atoms with Crippen molar-refractivity contribution >= 4 is 34.0 Å². The van der Waals surface area contributed by atoms with E-state index in [0.29, 0.717) is 21.6 Å². The van der Waals surface area contributed by atoms with Crippen LogP contribution in [0.3, 0.4) is 0 Å².